The molecular formula is C28H26F3N7O2. The summed E-state index contributed by atoms with van der Waals surface area (Å²) in [4.78, 5) is 16.7. The van der Waals surface area contributed by atoms with Crippen LogP contribution in [0, 0.1) is 0 Å². The molecule has 0 atom stereocenters. The predicted octanol–water partition coefficient (Wildman–Crippen LogP) is 6.00. The van der Waals surface area contributed by atoms with E-state index in [9.17, 15) is 18.0 Å². The monoisotopic (exact) mass is 549 g/mol. The number of amides is 2. The minimum atomic E-state index is -4.75. The predicted molar refractivity (Wildman–Crippen MR) is 146 cm³/mol. The standard InChI is InChI=1S/C28H26F3N7O2/c1-3-5-23(6-4-2)38-25(16-18-34-38)35-27(39)32-17-15-20-7-9-21(10-8-20)26-33-19-37(36-26)22-11-13-24(14-12-22)40-28(29,30)31/h3-14,16,18-19H,1,15,17H2,2H3,(H2,32,35,39)/b6-4-,23-5+. The molecule has 0 bridgehead atoms. The number of aromatic nitrogens is 5. The number of hydrogen-bond acceptors (Lipinski definition) is 5. The summed E-state index contributed by atoms with van der Waals surface area (Å²) >= 11 is 0. The van der Waals surface area contributed by atoms with Gasteiger partial charge in [-0.1, -0.05) is 43.0 Å². The zero-order valence-corrected chi connectivity index (χ0v) is 21.5. The van der Waals surface area contributed by atoms with Crippen LogP contribution >= 0.6 is 0 Å². The van der Waals surface area contributed by atoms with Gasteiger partial charge in [-0.15, -0.1) is 18.3 Å². The first-order chi connectivity index (χ1) is 19.3. The number of urea groups is 1. The van der Waals surface area contributed by atoms with Crippen LogP contribution in [0.1, 0.15) is 12.5 Å². The first-order valence-corrected chi connectivity index (χ1v) is 12.2. The maximum atomic E-state index is 12.4. The highest BCUT2D eigenvalue weighted by Gasteiger charge is 2.31. The van der Waals surface area contributed by atoms with Gasteiger partial charge in [0.25, 0.3) is 0 Å². The number of hydrogen-bond donors (Lipinski definition) is 2. The maximum Gasteiger partial charge on any atom is 0.573 e. The van der Waals surface area contributed by atoms with E-state index in [1.165, 1.54) is 35.3 Å². The van der Waals surface area contributed by atoms with E-state index >= 15 is 0 Å². The number of allylic oxidation sites excluding steroid dienone is 5. The number of halogens is 3. The highest BCUT2D eigenvalue weighted by molar-refractivity contribution is 5.89. The Bertz CT molecular complexity index is 1500. The second-order valence-electron chi connectivity index (χ2n) is 8.34. The minimum absolute atomic E-state index is 0.315. The van der Waals surface area contributed by atoms with Crippen molar-refractivity contribution in [2.24, 2.45) is 0 Å². The molecule has 2 aromatic carbocycles. The van der Waals surface area contributed by atoms with Crippen molar-refractivity contribution in [3.05, 3.63) is 104 Å². The molecule has 0 aliphatic rings. The van der Waals surface area contributed by atoms with E-state index in [0.717, 1.165) is 16.8 Å². The summed E-state index contributed by atoms with van der Waals surface area (Å²) in [6, 6.07) is 14.2. The van der Waals surface area contributed by atoms with Crippen LogP contribution in [0.25, 0.3) is 22.8 Å². The average molecular weight is 550 g/mol. The van der Waals surface area contributed by atoms with Crippen molar-refractivity contribution in [2.75, 3.05) is 11.9 Å². The summed E-state index contributed by atoms with van der Waals surface area (Å²) in [6.07, 6.45) is 6.08. The Hall–Kier alpha value is -5.13. The maximum absolute atomic E-state index is 12.4. The molecule has 2 heterocycles. The molecule has 206 valence electrons. The summed E-state index contributed by atoms with van der Waals surface area (Å²) < 4.78 is 44.0. The largest absolute Gasteiger partial charge is 0.573 e. The number of alkyl halides is 3. The first-order valence-electron chi connectivity index (χ1n) is 12.2. The van der Waals surface area contributed by atoms with Crippen LogP contribution in [0.5, 0.6) is 5.75 Å². The lowest BCUT2D eigenvalue weighted by Gasteiger charge is -2.11. The molecule has 0 unspecified atom stereocenters. The van der Waals surface area contributed by atoms with Crippen molar-refractivity contribution in [2.45, 2.75) is 19.7 Å². The number of rotatable bonds is 10. The minimum Gasteiger partial charge on any atom is -0.406 e. The lowest BCUT2D eigenvalue weighted by molar-refractivity contribution is -0.274. The summed E-state index contributed by atoms with van der Waals surface area (Å²) in [5.74, 6) is 0.662. The van der Waals surface area contributed by atoms with Crippen molar-refractivity contribution in [1.82, 2.24) is 29.9 Å². The van der Waals surface area contributed by atoms with Gasteiger partial charge in [0.15, 0.2) is 5.82 Å². The Morgan fingerprint density at radius 3 is 2.52 bits per heavy atom. The molecule has 2 amide bonds. The van der Waals surface area contributed by atoms with Gasteiger partial charge in [0.05, 0.1) is 17.6 Å². The third kappa shape index (κ3) is 7.47. The highest BCUT2D eigenvalue weighted by Crippen LogP contribution is 2.24. The smallest absolute Gasteiger partial charge is 0.406 e. The normalized spacial score (nSPS) is 11.9. The van der Waals surface area contributed by atoms with Crippen molar-refractivity contribution in [1.29, 1.82) is 0 Å². The fraction of sp³-hybridized carbons (Fsp3) is 0.143. The van der Waals surface area contributed by atoms with Gasteiger partial charge in [-0.05, 0) is 55.3 Å². The van der Waals surface area contributed by atoms with E-state index < -0.39 is 6.36 Å². The Morgan fingerprint density at radius 1 is 1.10 bits per heavy atom. The van der Waals surface area contributed by atoms with Gasteiger partial charge in [0, 0.05) is 18.2 Å². The fourth-order valence-corrected chi connectivity index (χ4v) is 3.71. The Kier molecular flexibility index (Phi) is 8.79. The number of benzene rings is 2. The third-order valence-electron chi connectivity index (χ3n) is 5.49. The molecule has 0 radical (unpaired) electrons. The Balaban J connectivity index is 1.30. The van der Waals surface area contributed by atoms with E-state index in [-0.39, 0.29) is 11.8 Å². The Morgan fingerprint density at radius 2 is 1.85 bits per heavy atom. The number of anilines is 1. The zero-order valence-electron chi connectivity index (χ0n) is 21.5. The molecule has 4 aromatic rings. The van der Waals surface area contributed by atoms with Crippen molar-refractivity contribution in [3.8, 4) is 22.8 Å². The number of nitrogens with one attached hydrogen (secondary N) is 2. The van der Waals surface area contributed by atoms with Crippen molar-refractivity contribution in [3.63, 3.8) is 0 Å². The number of nitrogens with zero attached hydrogens (tertiary/aromatic N) is 5. The molecule has 0 saturated heterocycles. The SMILES string of the molecule is C=C/C=C(\C=C/C)n1nccc1NC(=O)NCCc1ccc(-c2ncn(-c3ccc(OC(F)(F)F)cc3)n2)cc1. The van der Waals surface area contributed by atoms with Gasteiger partial charge < -0.3 is 10.1 Å². The fourth-order valence-electron chi connectivity index (χ4n) is 3.71. The van der Waals surface area contributed by atoms with Gasteiger partial charge in [0.1, 0.15) is 17.9 Å². The van der Waals surface area contributed by atoms with Gasteiger partial charge in [0.2, 0.25) is 0 Å². The van der Waals surface area contributed by atoms with Gasteiger partial charge in [-0.3, -0.25) is 5.32 Å². The molecule has 0 spiro atoms. The molecule has 0 aliphatic heterocycles. The molecule has 9 nitrogen and oxygen atoms in total. The second kappa shape index (κ2) is 12.6. The van der Waals surface area contributed by atoms with Crippen molar-refractivity contribution < 1.29 is 22.7 Å². The van der Waals surface area contributed by atoms with Crippen LogP contribution in [0.2, 0.25) is 0 Å². The van der Waals surface area contributed by atoms with Crippen LogP contribution in [0.4, 0.5) is 23.8 Å². The van der Waals surface area contributed by atoms with Gasteiger partial charge >= 0.3 is 12.4 Å². The molecule has 40 heavy (non-hydrogen) atoms. The topological polar surface area (TPSA) is 98.9 Å². The van der Waals surface area contributed by atoms with Crippen LogP contribution in [0.15, 0.2) is 98.0 Å². The van der Waals surface area contributed by atoms with Crippen molar-refractivity contribution >= 4 is 17.5 Å². The Labute approximate surface area is 228 Å². The molecule has 12 heteroatoms. The molecule has 2 N–H and O–H groups in total. The van der Waals surface area contributed by atoms with E-state index in [1.807, 2.05) is 43.3 Å². The molecule has 0 fully saturated rings. The second-order valence-corrected chi connectivity index (χ2v) is 8.34. The molecule has 0 aliphatic carbocycles. The summed E-state index contributed by atoms with van der Waals surface area (Å²) in [6.45, 7) is 6.00. The van der Waals surface area contributed by atoms with Crippen LogP contribution in [-0.4, -0.2) is 43.5 Å². The average Bonchev–Trinajstić information content (AvgIpc) is 3.59. The molecule has 2 aromatic heterocycles. The summed E-state index contributed by atoms with van der Waals surface area (Å²) in [7, 11) is 0. The zero-order chi connectivity index (χ0) is 28.5. The molecule has 0 saturated carbocycles. The first kappa shape index (κ1) is 27.9. The third-order valence-corrected chi connectivity index (χ3v) is 5.49. The van der Waals surface area contributed by atoms with Crippen LogP contribution in [0.3, 0.4) is 0 Å². The number of ether oxygens (including phenoxy) is 1. The highest BCUT2D eigenvalue weighted by atomic mass is 19.4. The van der Waals surface area contributed by atoms with Crippen LogP contribution in [-0.2, 0) is 6.42 Å². The molecular weight excluding hydrogens is 523 g/mol. The van der Waals surface area contributed by atoms with Gasteiger partial charge in [-0.2, -0.15) is 5.10 Å². The van der Waals surface area contributed by atoms with E-state index in [2.05, 4.69) is 37.1 Å². The quantitative estimate of drug-likeness (QED) is 0.237. The van der Waals surface area contributed by atoms with Crippen LogP contribution < -0.4 is 15.4 Å². The lowest BCUT2D eigenvalue weighted by atomic mass is 10.1. The summed E-state index contributed by atoms with van der Waals surface area (Å²) in [5.41, 5.74) is 3.05. The van der Waals surface area contributed by atoms with E-state index in [1.54, 1.807) is 29.1 Å². The number of carbonyl (C=O) groups is 1. The summed E-state index contributed by atoms with van der Waals surface area (Å²) in [5, 5.41) is 14.3. The van der Waals surface area contributed by atoms with Gasteiger partial charge in [-0.25, -0.2) is 19.1 Å². The van der Waals surface area contributed by atoms with E-state index in [0.29, 0.717) is 30.3 Å². The van der Waals surface area contributed by atoms with E-state index in [4.69, 9.17) is 0 Å². The molecule has 4 rings (SSSR count). The number of carbonyl (C=O) groups excluding carboxylic acids is 1. The lowest BCUT2D eigenvalue weighted by Crippen LogP contribution is -2.31.